The van der Waals surface area contributed by atoms with Crippen LogP contribution in [0.15, 0.2) is 18.2 Å². The third kappa shape index (κ3) is 3.30. The number of benzene rings is 1. The molecule has 2 rings (SSSR count). The minimum Gasteiger partial charge on any atom is -0.330 e. The van der Waals surface area contributed by atoms with Gasteiger partial charge in [0.15, 0.2) is 0 Å². The van der Waals surface area contributed by atoms with E-state index in [4.69, 9.17) is 5.73 Å². The summed E-state index contributed by atoms with van der Waals surface area (Å²) in [6.07, 6.45) is 2.60. The molecular formula is C15H24N2. The molecule has 0 unspecified atom stereocenters. The van der Waals surface area contributed by atoms with Crippen molar-refractivity contribution in [2.75, 3.05) is 19.6 Å². The Bertz CT molecular complexity index is 373. The summed E-state index contributed by atoms with van der Waals surface area (Å²) in [6, 6.07) is 6.77. The number of rotatable bonds is 3. The molecule has 17 heavy (non-hydrogen) atoms. The maximum absolute atomic E-state index is 5.78. The van der Waals surface area contributed by atoms with Crippen molar-refractivity contribution in [3.8, 4) is 0 Å². The largest absolute Gasteiger partial charge is 0.330 e. The van der Waals surface area contributed by atoms with Crippen LogP contribution in [0.4, 0.5) is 0 Å². The van der Waals surface area contributed by atoms with Gasteiger partial charge >= 0.3 is 0 Å². The predicted octanol–water partition coefficient (Wildman–Crippen LogP) is 2.47. The molecule has 1 saturated heterocycles. The van der Waals surface area contributed by atoms with E-state index in [1.165, 1.54) is 42.6 Å². The molecule has 0 aromatic heterocycles. The lowest BCUT2D eigenvalue weighted by atomic mass is 9.97. The van der Waals surface area contributed by atoms with Crippen LogP contribution in [0.25, 0.3) is 0 Å². The summed E-state index contributed by atoms with van der Waals surface area (Å²) in [4.78, 5) is 2.55. The van der Waals surface area contributed by atoms with Gasteiger partial charge in [-0.3, -0.25) is 4.90 Å². The van der Waals surface area contributed by atoms with Gasteiger partial charge in [0.1, 0.15) is 0 Å². The second kappa shape index (κ2) is 5.65. The van der Waals surface area contributed by atoms with Gasteiger partial charge in [-0.1, -0.05) is 23.8 Å². The number of aryl methyl sites for hydroxylation is 2. The summed E-state index contributed by atoms with van der Waals surface area (Å²) < 4.78 is 0. The fourth-order valence-corrected chi connectivity index (χ4v) is 2.75. The minimum atomic E-state index is 0.703. The minimum absolute atomic E-state index is 0.703. The van der Waals surface area contributed by atoms with Crippen LogP contribution in [0, 0.1) is 19.8 Å². The van der Waals surface area contributed by atoms with E-state index in [1.807, 2.05) is 0 Å². The highest BCUT2D eigenvalue weighted by Gasteiger charge is 2.18. The molecule has 2 nitrogen and oxygen atoms in total. The Hall–Kier alpha value is -0.860. The first-order valence-corrected chi connectivity index (χ1v) is 6.67. The molecule has 0 aliphatic carbocycles. The average Bonchev–Trinajstić information content (AvgIpc) is 2.33. The van der Waals surface area contributed by atoms with Gasteiger partial charge in [0.05, 0.1) is 0 Å². The number of hydrogen-bond acceptors (Lipinski definition) is 2. The van der Waals surface area contributed by atoms with Crippen molar-refractivity contribution in [3.63, 3.8) is 0 Å². The maximum Gasteiger partial charge on any atom is 0.0236 e. The number of nitrogens with zero attached hydrogens (tertiary/aromatic N) is 1. The molecule has 0 amide bonds. The summed E-state index contributed by atoms with van der Waals surface area (Å²) in [5.41, 5.74) is 10.0. The molecule has 0 bridgehead atoms. The molecule has 2 heteroatoms. The highest BCUT2D eigenvalue weighted by Crippen LogP contribution is 2.19. The molecule has 1 fully saturated rings. The Morgan fingerprint density at radius 2 is 2.18 bits per heavy atom. The molecule has 1 heterocycles. The van der Waals surface area contributed by atoms with E-state index in [9.17, 15) is 0 Å². The van der Waals surface area contributed by atoms with Crippen molar-refractivity contribution in [3.05, 3.63) is 34.9 Å². The number of piperidine rings is 1. The molecule has 1 aliphatic rings. The van der Waals surface area contributed by atoms with Crippen molar-refractivity contribution in [1.29, 1.82) is 0 Å². The van der Waals surface area contributed by atoms with E-state index >= 15 is 0 Å². The Kier molecular flexibility index (Phi) is 4.19. The summed E-state index contributed by atoms with van der Waals surface area (Å²) >= 11 is 0. The molecule has 0 radical (unpaired) electrons. The summed E-state index contributed by atoms with van der Waals surface area (Å²) in [5.74, 6) is 0.703. The van der Waals surface area contributed by atoms with Crippen molar-refractivity contribution >= 4 is 0 Å². The van der Waals surface area contributed by atoms with Gasteiger partial charge in [0, 0.05) is 13.1 Å². The van der Waals surface area contributed by atoms with Crippen LogP contribution >= 0.6 is 0 Å². The van der Waals surface area contributed by atoms with Crippen LogP contribution in [-0.2, 0) is 6.54 Å². The third-order valence-corrected chi connectivity index (χ3v) is 3.83. The van der Waals surface area contributed by atoms with Crippen LogP contribution in [0.1, 0.15) is 29.5 Å². The van der Waals surface area contributed by atoms with Gasteiger partial charge in [-0.25, -0.2) is 0 Å². The van der Waals surface area contributed by atoms with Crippen LogP contribution in [0.2, 0.25) is 0 Å². The lowest BCUT2D eigenvalue weighted by Gasteiger charge is -2.32. The molecule has 1 aromatic rings. The van der Waals surface area contributed by atoms with Gasteiger partial charge in [-0.2, -0.15) is 0 Å². The third-order valence-electron chi connectivity index (χ3n) is 3.83. The Morgan fingerprint density at radius 3 is 2.88 bits per heavy atom. The van der Waals surface area contributed by atoms with Crippen molar-refractivity contribution < 1.29 is 0 Å². The van der Waals surface area contributed by atoms with Gasteiger partial charge in [0.25, 0.3) is 0 Å². The molecule has 0 spiro atoms. The lowest BCUT2D eigenvalue weighted by molar-refractivity contribution is 0.171. The molecule has 1 atom stereocenters. The van der Waals surface area contributed by atoms with E-state index in [0.717, 1.165) is 13.1 Å². The molecule has 94 valence electrons. The van der Waals surface area contributed by atoms with E-state index in [0.29, 0.717) is 5.92 Å². The van der Waals surface area contributed by atoms with Crippen LogP contribution < -0.4 is 5.73 Å². The fourth-order valence-electron chi connectivity index (χ4n) is 2.75. The fraction of sp³-hybridized carbons (Fsp3) is 0.600. The SMILES string of the molecule is Cc1ccc(CN2CCC[C@@H](CN)C2)c(C)c1. The Balaban J connectivity index is 2.00. The second-order valence-electron chi connectivity index (χ2n) is 5.41. The standard InChI is InChI=1S/C15H24N2/c1-12-5-6-15(13(2)8-12)11-17-7-3-4-14(9-16)10-17/h5-6,8,14H,3-4,7,9-11,16H2,1-2H3/t14-/m0/s1. The highest BCUT2D eigenvalue weighted by atomic mass is 15.1. The normalized spacial score (nSPS) is 21.7. The topological polar surface area (TPSA) is 29.3 Å². The van der Waals surface area contributed by atoms with Gasteiger partial charge in [-0.15, -0.1) is 0 Å². The summed E-state index contributed by atoms with van der Waals surface area (Å²) in [6.45, 7) is 8.69. The highest BCUT2D eigenvalue weighted by molar-refractivity contribution is 5.30. The number of hydrogen-bond donors (Lipinski definition) is 1. The van der Waals surface area contributed by atoms with E-state index < -0.39 is 0 Å². The zero-order valence-corrected chi connectivity index (χ0v) is 11.1. The monoisotopic (exact) mass is 232 g/mol. The zero-order chi connectivity index (χ0) is 12.3. The average molecular weight is 232 g/mol. The first kappa shape index (κ1) is 12.6. The second-order valence-corrected chi connectivity index (χ2v) is 5.41. The zero-order valence-electron chi connectivity index (χ0n) is 11.1. The van der Waals surface area contributed by atoms with Crippen molar-refractivity contribution in [1.82, 2.24) is 4.90 Å². The van der Waals surface area contributed by atoms with E-state index in [1.54, 1.807) is 0 Å². The first-order valence-electron chi connectivity index (χ1n) is 6.67. The predicted molar refractivity (Wildman–Crippen MR) is 73.0 cm³/mol. The van der Waals surface area contributed by atoms with Crippen molar-refractivity contribution in [2.45, 2.75) is 33.2 Å². The smallest absolute Gasteiger partial charge is 0.0236 e. The van der Waals surface area contributed by atoms with Crippen LogP contribution in [-0.4, -0.2) is 24.5 Å². The molecule has 1 aromatic carbocycles. The van der Waals surface area contributed by atoms with Gasteiger partial charge < -0.3 is 5.73 Å². The molecule has 2 N–H and O–H groups in total. The lowest BCUT2D eigenvalue weighted by Crippen LogP contribution is -2.37. The summed E-state index contributed by atoms with van der Waals surface area (Å²) in [7, 11) is 0. The molecular weight excluding hydrogens is 208 g/mol. The van der Waals surface area contributed by atoms with Gasteiger partial charge in [-0.05, 0) is 56.8 Å². The number of nitrogens with two attached hydrogens (primary N) is 1. The van der Waals surface area contributed by atoms with E-state index in [-0.39, 0.29) is 0 Å². The quantitative estimate of drug-likeness (QED) is 0.867. The summed E-state index contributed by atoms with van der Waals surface area (Å²) in [5, 5.41) is 0. The number of likely N-dealkylation sites (tertiary alicyclic amines) is 1. The van der Waals surface area contributed by atoms with Crippen LogP contribution in [0.5, 0.6) is 0 Å². The Morgan fingerprint density at radius 1 is 1.35 bits per heavy atom. The molecule has 0 saturated carbocycles. The molecule has 1 aliphatic heterocycles. The van der Waals surface area contributed by atoms with Gasteiger partial charge in [0.2, 0.25) is 0 Å². The van der Waals surface area contributed by atoms with Crippen LogP contribution in [0.3, 0.4) is 0 Å². The Labute approximate surface area is 105 Å². The van der Waals surface area contributed by atoms with E-state index in [2.05, 4.69) is 36.9 Å². The van der Waals surface area contributed by atoms with Crippen molar-refractivity contribution in [2.24, 2.45) is 11.7 Å². The maximum atomic E-state index is 5.78. The first-order chi connectivity index (χ1) is 8.19.